The Morgan fingerprint density at radius 1 is 0.525 bits per heavy atom. The van der Waals surface area contributed by atoms with Crippen molar-refractivity contribution < 1.29 is 4.74 Å². The van der Waals surface area contributed by atoms with Crippen LogP contribution in [0, 0.1) is 153 Å². The number of allylic oxidation sites excluding steroid dienone is 4. The van der Waals surface area contributed by atoms with Gasteiger partial charge in [-0.25, -0.2) is 0 Å². The highest BCUT2D eigenvalue weighted by atomic mass is 16.5. The molecule has 61 heavy (non-hydrogen) atoms. The van der Waals surface area contributed by atoms with E-state index in [1.807, 2.05) is 11.1 Å². The van der Waals surface area contributed by atoms with Gasteiger partial charge in [-0.05, 0) is 229 Å². The molecule has 1 saturated heterocycles. The molecule has 2 heteroatoms. The number of unbranched alkanes of at least 4 members (excludes halogenated alkanes) is 1. The third kappa shape index (κ3) is 2.93. The van der Waals surface area contributed by atoms with Crippen LogP contribution in [-0.4, -0.2) is 19.3 Å². The minimum Gasteiger partial charge on any atom is -0.379 e. The average Bonchev–Trinajstić information content (AvgIpc) is 4.15. The van der Waals surface area contributed by atoms with E-state index in [-0.39, 0.29) is 10.8 Å². The van der Waals surface area contributed by atoms with Crippen molar-refractivity contribution in [3.8, 4) is 0 Å². The fourth-order valence-electron chi connectivity index (χ4n) is 27.6. The highest BCUT2D eigenvalue weighted by molar-refractivity contribution is 5.71. The number of benzene rings is 2. The summed E-state index contributed by atoms with van der Waals surface area (Å²) in [5.74, 6) is 24.5. The van der Waals surface area contributed by atoms with Gasteiger partial charge in [-0.3, -0.25) is 0 Å². The summed E-state index contributed by atoms with van der Waals surface area (Å²) in [6, 6.07) is 25.3. The van der Waals surface area contributed by atoms with E-state index in [9.17, 15) is 0 Å². The number of anilines is 1. The molecule has 2 aromatic carbocycles. The van der Waals surface area contributed by atoms with Crippen LogP contribution in [0.15, 0.2) is 95.1 Å². The first-order valence-corrected chi connectivity index (χ1v) is 26.9. The Labute approximate surface area is 363 Å². The van der Waals surface area contributed by atoms with Crippen LogP contribution in [0.4, 0.5) is 5.69 Å². The van der Waals surface area contributed by atoms with Crippen molar-refractivity contribution in [1.29, 1.82) is 0 Å². The lowest BCUT2D eigenvalue weighted by molar-refractivity contribution is -0.198. The molecule has 28 atom stereocenters. The van der Waals surface area contributed by atoms with Crippen molar-refractivity contribution >= 4 is 5.69 Å². The summed E-state index contributed by atoms with van der Waals surface area (Å²) in [7, 11) is 0. The molecule has 0 amide bonds. The maximum atomic E-state index is 7.33. The molecule has 14 fully saturated rings. The average molecular weight is 804 g/mol. The normalized spacial score (nSPS) is 61.9. The van der Waals surface area contributed by atoms with Crippen molar-refractivity contribution in [2.75, 3.05) is 18.1 Å². The fourth-order valence-corrected chi connectivity index (χ4v) is 27.6. The van der Waals surface area contributed by atoms with Gasteiger partial charge in [0, 0.05) is 23.1 Å². The molecule has 0 bridgehead atoms. The Balaban J connectivity index is 0.982. The van der Waals surface area contributed by atoms with Gasteiger partial charge in [0.1, 0.15) is 0 Å². The molecule has 0 aromatic heterocycles. The summed E-state index contributed by atoms with van der Waals surface area (Å²) in [5.41, 5.74) is 11.4. The molecule has 17 aliphatic rings. The molecule has 19 rings (SSSR count). The number of nitrogens with zero attached hydrogens (tertiary/aromatic N) is 1. The number of rotatable bonds is 7. The standard InChI is InChI=1S/C59H65NO/c1-2-3-24-61-25-38-58-36-22-23-37-35-21-19-33-31-17-15-29-28-14-16-30-32-18-20-34(36)45-43(32)48-41(30)39(28)47-40(29)42(31)49-44(33)46(35)56(54-52(49)50(47)51(48)53(54)55(45)58)59(37,58)57(26-10-6-4-7-11-26)60(38)27-12-8-5-9-13-27/h4-13,22-23,28-33,38-57H,2-3,14-21,24-25H2,1H3. The van der Waals surface area contributed by atoms with Gasteiger partial charge in [0.2, 0.25) is 0 Å². The summed E-state index contributed by atoms with van der Waals surface area (Å²) < 4.78 is 7.33. The Morgan fingerprint density at radius 2 is 1.00 bits per heavy atom. The van der Waals surface area contributed by atoms with Crippen molar-refractivity contribution in [1.82, 2.24) is 0 Å². The second kappa shape index (κ2) is 10.3. The lowest BCUT2D eigenvalue weighted by atomic mass is 9.33. The highest BCUT2D eigenvalue weighted by Crippen LogP contribution is 2.97. The van der Waals surface area contributed by atoms with E-state index < -0.39 is 0 Å². The van der Waals surface area contributed by atoms with Crippen LogP contribution in [-0.2, 0) is 4.74 Å². The summed E-state index contributed by atoms with van der Waals surface area (Å²) in [4.78, 5) is 3.18. The van der Waals surface area contributed by atoms with Crippen molar-refractivity contribution in [2.24, 2.45) is 153 Å². The van der Waals surface area contributed by atoms with E-state index in [1.54, 1.807) is 31.2 Å². The summed E-state index contributed by atoms with van der Waals surface area (Å²) in [6.07, 6.45) is 20.7. The molecular formula is C59H65NO. The van der Waals surface area contributed by atoms with E-state index in [0.29, 0.717) is 12.1 Å². The first-order valence-electron chi connectivity index (χ1n) is 26.9. The molecule has 2 aromatic rings. The SMILES string of the molecule is CCCCOCC1N(c2ccccc2)C(c2ccccc2)C23C4=C5CCC6C7CCC8C9CCC%10C%11CCC%12=C(C=C4)C12C1C%12C%11C2C%10C9C4C8C7C7C6C5C3C3C7C4C2C31. The summed E-state index contributed by atoms with van der Waals surface area (Å²) in [5, 5.41) is 0. The Morgan fingerprint density at radius 3 is 1.57 bits per heavy atom. The van der Waals surface area contributed by atoms with E-state index in [1.165, 1.54) is 44.2 Å². The molecule has 28 unspecified atom stereocenters. The van der Waals surface area contributed by atoms with Gasteiger partial charge in [0.05, 0.1) is 18.7 Å². The Bertz CT molecular complexity index is 2460. The number of para-hydroxylation sites is 1. The molecule has 16 aliphatic carbocycles. The first-order chi connectivity index (χ1) is 30.3. The van der Waals surface area contributed by atoms with Gasteiger partial charge >= 0.3 is 0 Å². The van der Waals surface area contributed by atoms with Crippen LogP contribution in [0.25, 0.3) is 0 Å². The number of hydrogen-bond donors (Lipinski definition) is 0. The van der Waals surface area contributed by atoms with E-state index in [0.717, 1.165) is 155 Å². The quantitative estimate of drug-likeness (QED) is 0.259. The molecule has 2 nitrogen and oxygen atoms in total. The smallest absolute Gasteiger partial charge is 0.0679 e. The topological polar surface area (TPSA) is 12.5 Å². The second-order valence-corrected chi connectivity index (χ2v) is 25.9. The van der Waals surface area contributed by atoms with E-state index >= 15 is 0 Å². The van der Waals surface area contributed by atoms with Gasteiger partial charge in [0.15, 0.2) is 0 Å². The van der Waals surface area contributed by atoms with Gasteiger partial charge < -0.3 is 9.64 Å². The maximum absolute atomic E-state index is 7.33. The van der Waals surface area contributed by atoms with E-state index in [2.05, 4.69) is 95.8 Å². The van der Waals surface area contributed by atoms with Crippen LogP contribution < -0.4 is 4.90 Å². The minimum absolute atomic E-state index is 0.123. The summed E-state index contributed by atoms with van der Waals surface area (Å²) >= 11 is 0. The van der Waals surface area contributed by atoms with Crippen LogP contribution in [0.2, 0.25) is 0 Å². The van der Waals surface area contributed by atoms with E-state index in [4.69, 9.17) is 4.74 Å². The monoisotopic (exact) mass is 804 g/mol. The number of hydrogen-bond acceptors (Lipinski definition) is 2. The van der Waals surface area contributed by atoms with Gasteiger partial charge in [-0.15, -0.1) is 0 Å². The van der Waals surface area contributed by atoms with Crippen LogP contribution >= 0.6 is 0 Å². The van der Waals surface area contributed by atoms with Gasteiger partial charge in [-0.2, -0.15) is 0 Å². The second-order valence-electron chi connectivity index (χ2n) is 25.9. The molecule has 13 saturated carbocycles. The number of ether oxygens (including phenoxy) is 1. The maximum Gasteiger partial charge on any atom is 0.0679 e. The molecular weight excluding hydrogens is 739 g/mol. The largest absolute Gasteiger partial charge is 0.379 e. The fraction of sp³-hybridized carbons (Fsp3) is 0.695. The van der Waals surface area contributed by atoms with Gasteiger partial charge in [-0.1, -0.05) is 85.2 Å². The molecule has 312 valence electrons. The minimum atomic E-state index is 0.123. The molecule has 1 heterocycles. The Kier molecular flexibility index (Phi) is 5.55. The highest BCUT2D eigenvalue weighted by Gasteiger charge is 2.94. The summed E-state index contributed by atoms with van der Waals surface area (Å²) in [6.45, 7) is 4.19. The van der Waals surface area contributed by atoms with Crippen molar-refractivity contribution in [3.05, 3.63) is 101 Å². The Hall–Kier alpha value is -2.58. The molecule has 2 spiro atoms. The third-order valence-electron chi connectivity index (χ3n) is 26.5. The molecule has 0 radical (unpaired) electrons. The lowest BCUT2D eigenvalue weighted by Gasteiger charge is -2.69. The predicted molar refractivity (Wildman–Crippen MR) is 236 cm³/mol. The van der Waals surface area contributed by atoms with Crippen molar-refractivity contribution in [2.45, 2.75) is 83.2 Å². The zero-order valence-corrected chi connectivity index (χ0v) is 36.3. The molecule has 0 N–H and O–H groups in total. The molecule has 1 aliphatic heterocycles. The third-order valence-corrected chi connectivity index (χ3v) is 26.5. The predicted octanol–water partition coefficient (Wildman–Crippen LogP) is 11.7. The van der Waals surface area contributed by atoms with Gasteiger partial charge in [0.25, 0.3) is 0 Å². The van der Waals surface area contributed by atoms with Crippen LogP contribution in [0.5, 0.6) is 0 Å². The lowest BCUT2D eigenvalue weighted by Crippen LogP contribution is -2.68. The van der Waals surface area contributed by atoms with Crippen molar-refractivity contribution in [3.63, 3.8) is 0 Å². The zero-order valence-electron chi connectivity index (χ0n) is 36.3. The number of fused-ring (bicyclic) bond motifs is 3. The van der Waals surface area contributed by atoms with Crippen LogP contribution in [0.1, 0.15) is 82.7 Å². The van der Waals surface area contributed by atoms with Crippen LogP contribution in [0.3, 0.4) is 0 Å². The first kappa shape index (κ1) is 33.0. The zero-order chi connectivity index (χ0) is 38.7.